The van der Waals surface area contributed by atoms with Gasteiger partial charge in [0.05, 0.1) is 12.4 Å². The summed E-state index contributed by atoms with van der Waals surface area (Å²) in [5.74, 6) is -6.21. The molecule has 0 unspecified atom stereocenters. The number of likely N-dealkylation sites (tertiary alicyclic amines) is 1. The Balaban J connectivity index is 2.26. The third-order valence-electron chi connectivity index (χ3n) is 9.34. The molecule has 1 aliphatic heterocycles. The number of aromatic nitrogens is 2. The minimum Gasteiger partial charge on any atom is -0.481 e. The van der Waals surface area contributed by atoms with Gasteiger partial charge in [0.2, 0.25) is 29.5 Å². The van der Waals surface area contributed by atoms with E-state index < -0.39 is 84.1 Å². The maximum absolute atomic E-state index is 14.1. The number of nitrogens with two attached hydrogens (primary N) is 1. The summed E-state index contributed by atoms with van der Waals surface area (Å²) in [7, 11) is 0. The van der Waals surface area contributed by atoms with Crippen molar-refractivity contribution in [2.75, 3.05) is 6.54 Å². The lowest BCUT2D eigenvalue weighted by atomic mass is 9.94. The van der Waals surface area contributed by atoms with Crippen molar-refractivity contribution < 1.29 is 43.8 Å². The molecular formula is C34H56N8O9. The van der Waals surface area contributed by atoms with Crippen molar-refractivity contribution in [2.24, 2.45) is 23.5 Å². The van der Waals surface area contributed by atoms with Crippen LogP contribution in [0, 0.1) is 17.8 Å². The van der Waals surface area contributed by atoms with Crippen molar-refractivity contribution in [3.63, 3.8) is 0 Å². The predicted molar refractivity (Wildman–Crippen MR) is 186 cm³/mol. The maximum Gasteiger partial charge on any atom is 0.326 e. The van der Waals surface area contributed by atoms with Crippen LogP contribution in [0.15, 0.2) is 12.5 Å². The van der Waals surface area contributed by atoms with Crippen molar-refractivity contribution in [3.8, 4) is 0 Å². The molecule has 1 aromatic heterocycles. The van der Waals surface area contributed by atoms with E-state index in [9.17, 15) is 43.8 Å². The normalized spacial score (nSPS) is 18.4. The Bertz CT molecular complexity index is 1360. The van der Waals surface area contributed by atoms with Crippen LogP contribution in [0.4, 0.5) is 0 Å². The summed E-state index contributed by atoms with van der Waals surface area (Å²) in [4.78, 5) is 98.9. The highest BCUT2D eigenvalue weighted by atomic mass is 16.4. The summed E-state index contributed by atoms with van der Waals surface area (Å²) < 4.78 is 0. The third-order valence-corrected chi connectivity index (χ3v) is 9.34. The van der Waals surface area contributed by atoms with Crippen molar-refractivity contribution in [1.82, 2.24) is 36.1 Å². The monoisotopic (exact) mass is 720 g/mol. The average Bonchev–Trinajstić information content (AvgIpc) is 3.78. The van der Waals surface area contributed by atoms with Gasteiger partial charge >= 0.3 is 11.9 Å². The second-order valence-electron chi connectivity index (χ2n) is 13.8. The minimum absolute atomic E-state index is 0.138. The van der Waals surface area contributed by atoms with Gasteiger partial charge in [-0.25, -0.2) is 9.78 Å². The number of carboxylic acid groups (broad SMARTS) is 2. The first kappa shape index (κ1) is 42.6. The first-order chi connectivity index (χ1) is 24.0. The second kappa shape index (κ2) is 20.3. The largest absolute Gasteiger partial charge is 0.481 e. The molecule has 0 saturated carbocycles. The van der Waals surface area contributed by atoms with Crippen LogP contribution in [0.1, 0.15) is 92.2 Å². The standard InChI is InChI=1S/C34H56N8O9/c1-7-19(5)27(40-29(45)22(35)14-18(3)4)32(48)41-28(20(6)8-2)33(49)42-13-9-10-25(42)31(47)38-23(11-12-26(43)44)30(46)39-24(34(50)51)15-21-16-36-17-37-21/h16-20,22-25,27-28H,7-15,35H2,1-6H3,(H,36,37)(H,38,47)(H,39,46)(H,40,45)(H,41,48)(H,43,44)(H,50,51)/t19-,20-,22-,23-,24-,25-,27-,28-/m0/s1. The Morgan fingerprint density at radius 3 is 2.08 bits per heavy atom. The van der Waals surface area contributed by atoms with Crippen molar-refractivity contribution in [3.05, 3.63) is 18.2 Å². The number of carbonyl (C=O) groups is 7. The number of H-pyrrole nitrogens is 1. The zero-order valence-corrected chi connectivity index (χ0v) is 30.4. The highest BCUT2D eigenvalue weighted by Gasteiger charge is 2.41. The number of carboxylic acids is 2. The summed E-state index contributed by atoms with van der Waals surface area (Å²) in [6.45, 7) is 11.4. The SMILES string of the molecule is CC[C@H](C)[C@H](NC(=O)[C@@H](N)CC(C)C)C(=O)N[C@H](C(=O)N1CCC[C@H]1C(=O)N[C@@H](CCC(=O)O)C(=O)N[C@@H](Cc1cnc[nH]1)C(=O)O)[C@@H](C)CC. The molecule has 0 spiro atoms. The van der Waals surface area contributed by atoms with Crippen LogP contribution >= 0.6 is 0 Å². The van der Waals surface area contributed by atoms with Crippen LogP contribution in [0.5, 0.6) is 0 Å². The molecule has 1 aliphatic rings. The van der Waals surface area contributed by atoms with E-state index in [1.807, 2.05) is 34.6 Å². The van der Waals surface area contributed by atoms with E-state index in [1.54, 1.807) is 6.92 Å². The van der Waals surface area contributed by atoms with Crippen LogP contribution in [-0.2, 0) is 40.0 Å². The van der Waals surface area contributed by atoms with Crippen LogP contribution < -0.4 is 27.0 Å². The fraction of sp³-hybridized carbons (Fsp3) is 0.706. The van der Waals surface area contributed by atoms with Gasteiger partial charge in [0, 0.05) is 31.3 Å². The van der Waals surface area contributed by atoms with Gasteiger partial charge in [0.15, 0.2) is 0 Å². The summed E-state index contributed by atoms with van der Waals surface area (Å²) >= 11 is 0. The number of amides is 5. The van der Waals surface area contributed by atoms with E-state index in [1.165, 1.54) is 17.4 Å². The molecule has 0 aromatic carbocycles. The number of nitrogens with zero attached hydrogens (tertiary/aromatic N) is 2. The fourth-order valence-electron chi connectivity index (χ4n) is 5.88. The molecule has 9 N–H and O–H groups in total. The molecule has 0 aliphatic carbocycles. The number of rotatable bonds is 21. The molecule has 1 fully saturated rings. The van der Waals surface area contributed by atoms with Crippen LogP contribution in [0.25, 0.3) is 0 Å². The number of carbonyl (C=O) groups excluding carboxylic acids is 5. The maximum atomic E-state index is 14.1. The van der Waals surface area contributed by atoms with Crippen molar-refractivity contribution >= 4 is 41.5 Å². The van der Waals surface area contributed by atoms with Gasteiger partial charge in [-0.1, -0.05) is 54.4 Å². The van der Waals surface area contributed by atoms with E-state index >= 15 is 0 Å². The molecule has 2 rings (SSSR count). The molecular weight excluding hydrogens is 664 g/mol. The Kier molecular flexibility index (Phi) is 17.0. The number of aromatic amines is 1. The average molecular weight is 721 g/mol. The van der Waals surface area contributed by atoms with Gasteiger partial charge < -0.3 is 47.1 Å². The zero-order chi connectivity index (χ0) is 38.4. The lowest BCUT2D eigenvalue weighted by Crippen LogP contribution is -2.61. The molecule has 0 radical (unpaired) electrons. The lowest BCUT2D eigenvalue weighted by Gasteiger charge is -2.33. The number of hydrogen-bond donors (Lipinski definition) is 8. The van der Waals surface area contributed by atoms with Crippen LogP contribution in [-0.4, -0.2) is 109 Å². The molecule has 17 nitrogen and oxygen atoms in total. The summed E-state index contributed by atoms with van der Waals surface area (Å²) in [5.41, 5.74) is 6.51. The zero-order valence-electron chi connectivity index (χ0n) is 30.4. The van der Waals surface area contributed by atoms with E-state index in [4.69, 9.17) is 5.73 Å². The highest BCUT2D eigenvalue weighted by molar-refractivity contribution is 5.97. The van der Waals surface area contributed by atoms with Gasteiger partial charge in [0.1, 0.15) is 30.2 Å². The molecule has 286 valence electrons. The number of nitrogens with one attached hydrogen (secondary N) is 5. The van der Waals surface area contributed by atoms with E-state index in [-0.39, 0.29) is 43.6 Å². The highest BCUT2D eigenvalue weighted by Crippen LogP contribution is 2.22. The Morgan fingerprint density at radius 2 is 1.53 bits per heavy atom. The quantitative estimate of drug-likeness (QED) is 0.0856. The second-order valence-corrected chi connectivity index (χ2v) is 13.8. The first-order valence-corrected chi connectivity index (χ1v) is 17.7. The Hall–Kier alpha value is -4.54. The van der Waals surface area contributed by atoms with Gasteiger partial charge in [0.25, 0.3) is 0 Å². The van der Waals surface area contributed by atoms with Crippen molar-refractivity contribution in [1.29, 1.82) is 0 Å². The van der Waals surface area contributed by atoms with Crippen LogP contribution in [0.2, 0.25) is 0 Å². The van der Waals surface area contributed by atoms with E-state index in [0.717, 1.165) is 0 Å². The van der Waals surface area contributed by atoms with Crippen molar-refractivity contribution in [2.45, 2.75) is 129 Å². The predicted octanol–water partition coefficient (Wildman–Crippen LogP) is 0.297. The molecule has 5 amide bonds. The molecule has 1 saturated heterocycles. The van der Waals surface area contributed by atoms with Gasteiger partial charge in [-0.05, 0) is 43.4 Å². The third kappa shape index (κ3) is 12.9. The number of hydrogen-bond acceptors (Lipinski definition) is 9. The molecule has 17 heteroatoms. The molecule has 51 heavy (non-hydrogen) atoms. The molecule has 0 bridgehead atoms. The number of aliphatic carboxylic acids is 2. The summed E-state index contributed by atoms with van der Waals surface area (Å²) in [5, 5.41) is 29.5. The summed E-state index contributed by atoms with van der Waals surface area (Å²) in [6.07, 6.45) is 3.95. The Morgan fingerprint density at radius 1 is 0.902 bits per heavy atom. The molecule has 1 aromatic rings. The van der Waals surface area contributed by atoms with E-state index in [0.29, 0.717) is 31.4 Å². The Labute approximate surface area is 298 Å². The summed E-state index contributed by atoms with van der Waals surface area (Å²) in [6, 6.07) is -6.68. The van der Waals surface area contributed by atoms with Gasteiger partial charge in [-0.15, -0.1) is 0 Å². The lowest BCUT2D eigenvalue weighted by molar-refractivity contribution is -0.144. The van der Waals surface area contributed by atoms with Gasteiger partial charge in [-0.2, -0.15) is 0 Å². The topological polar surface area (TPSA) is 266 Å². The molecule has 2 heterocycles. The first-order valence-electron chi connectivity index (χ1n) is 17.7. The number of imidazole rings is 1. The minimum atomic E-state index is -1.41. The molecule has 8 atom stereocenters. The smallest absolute Gasteiger partial charge is 0.326 e. The van der Waals surface area contributed by atoms with Gasteiger partial charge in [-0.3, -0.25) is 28.8 Å². The van der Waals surface area contributed by atoms with E-state index in [2.05, 4.69) is 31.2 Å². The van der Waals surface area contributed by atoms with Crippen LogP contribution in [0.3, 0.4) is 0 Å². The fourth-order valence-corrected chi connectivity index (χ4v) is 5.88.